The smallest absolute Gasteiger partial charge is 0.317 e. The van der Waals surface area contributed by atoms with E-state index in [1.165, 1.54) is 25.7 Å². The molecular weight excluding hydrogens is 268 g/mol. The number of aliphatic hydroxyl groups excluding tert-OH is 1. The van der Waals surface area contributed by atoms with Gasteiger partial charge in [0.15, 0.2) is 0 Å². The summed E-state index contributed by atoms with van der Waals surface area (Å²) in [7, 11) is 1.81. The van der Waals surface area contributed by atoms with Gasteiger partial charge in [0.05, 0.1) is 12.2 Å². The molecule has 0 bridgehead atoms. The molecule has 1 spiro atoms. The molecule has 5 heteroatoms. The Balaban J connectivity index is 1.59. The van der Waals surface area contributed by atoms with E-state index in [9.17, 15) is 9.90 Å². The Hall–Kier alpha value is -0.810. The van der Waals surface area contributed by atoms with E-state index < -0.39 is 0 Å². The van der Waals surface area contributed by atoms with E-state index in [1.807, 2.05) is 0 Å². The Morgan fingerprint density at radius 3 is 2.86 bits per heavy atom. The summed E-state index contributed by atoms with van der Waals surface area (Å²) in [5.74, 6) is 0.511. The highest BCUT2D eigenvalue weighted by Gasteiger charge is 2.65. The topological polar surface area (TPSA) is 61.8 Å². The summed E-state index contributed by atoms with van der Waals surface area (Å²) in [6.07, 6.45) is 6.62. The van der Waals surface area contributed by atoms with Crippen LogP contribution in [0.3, 0.4) is 0 Å². The summed E-state index contributed by atoms with van der Waals surface area (Å²) >= 11 is 0. The second kappa shape index (κ2) is 5.76. The van der Waals surface area contributed by atoms with Gasteiger partial charge in [0.1, 0.15) is 0 Å². The second-order valence-electron chi connectivity index (χ2n) is 7.17. The highest BCUT2D eigenvalue weighted by Crippen LogP contribution is 2.60. The number of hydrogen-bond donors (Lipinski definition) is 2. The van der Waals surface area contributed by atoms with Crippen LogP contribution in [-0.2, 0) is 4.74 Å². The molecule has 3 rings (SSSR count). The van der Waals surface area contributed by atoms with Crippen molar-refractivity contribution in [2.24, 2.45) is 11.3 Å². The fourth-order valence-electron chi connectivity index (χ4n) is 4.63. The molecule has 2 saturated carbocycles. The molecule has 4 atom stereocenters. The van der Waals surface area contributed by atoms with Crippen LogP contribution in [0, 0.1) is 11.3 Å². The molecule has 2 amide bonds. The van der Waals surface area contributed by atoms with Crippen molar-refractivity contribution >= 4 is 6.03 Å². The summed E-state index contributed by atoms with van der Waals surface area (Å²) in [5.41, 5.74) is 0.210. The number of nitrogens with zero attached hydrogens (tertiary/aromatic N) is 1. The Labute approximate surface area is 127 Å². The zero-order valence-electron chi connectivity index (χ0n) is 13.2. The van der Waals surface area contributed by atoms with E-state index >= 15 is 0 Å². The lowest BCUT2D eigenvalue weighted by atomic mass is 9.54. The number of fused-ring (bicyclic) bond motifs is 2. The number of nitrogens with one attached hydrogen (secondary N) is 1. The van der Waals surface area contributed by atoms with Crippen LogP contribution in [0.2, 0.25) is 0 Å². The zero-order chi connectivity index (χ0) is 15.0. The number of ether oxygens (including phenoxy) is 1. The summed E-state index contributed by atoms with van der Waals surface area (Å²) in [5, 5.41) is 12.6. The fourth-order valence-corrected chi connectivity index (χ4v) is 4.63. The van der Waals surface area contributed by atoms with Gasteiger partial charge in [-0.2, -0.15) is 0 Å². The van der Waals surface area contributed by atoms with Crippen molar-refractivity contribution in [3.63, 3.8) is 0 Å². The van der Waals surface area contributed by atoms with Gasteiger partial charge in [-0.05, 0) is 32.6 Å². The number of aliphatic hydroxyl groups is 1. The van der Waals surface area contributed by atoms with E-state index in [-0.39, 0.29) is 23.6 Å². The van der Waals surface area contributed by atoms with Crippen molar-refractivity contribution in [1.29, 1.82) is 0 Å². The van der Waals surface area contributed by atoms with Crippen LogP contribution in [0.1, 0.15) is 45.4 Å². The van der Waals surface area contributed by atoms with Gasteiger partial charge in [-0.3, -0.25) is 0 Å². The van der Waals surface area contributed by atoms with E-state index in [4.69, 9.17) is 4.74 Å². The summed E-state index contributed by atoms with van der Waals surface area (Å²) < 4.78 is 5.94. The highest BCUT2D eigenvalue weighted by molar-refractivity contribution is 5.74. The monoisotopic (exact) mass is 296 g/mol. The third kappa shape index (κ3) is 2.55. The van der Waals surface area contributed by atoms with Gasteiger partial charge in [0.2, 0.25) is 0 Å². The van der Waals surface area contributed by atoms with Gasteiger partial charge in [-0.1, -0.05) is 12.8 Å². The molecule has 21 heavy (non-hydrogen) atoms. The first kappa shape index (κ1) is 15.1. The lowest BCUT2D eigenvalue weighted by molar-refractivity contribution is -0.126. The lowest BCUT2D eigenvalue weighted by Crippen LogP contribution is -2.69. The average Bonchev–Trinajstić information content (AvgIpc) is 3.09. The SMILES string of the molecule is CC(O)CCN(C)C(=O)NC1C2CCOC2C12CCCC2. The Morgan fingerprint density at radius 1 is 1.48 bits per heavy atom. The molecule has 1 aliphatic heterocycles. The van der Waals surface area contributed by atoms with Crippen LogP contribution in [-0.4, -0.2) is 54.5 Å². The van der Waals surface area contributed by atoms with Crippen LogP contribution in [0.5, 0.6) is 0 Å². The zero-order valence-corrected chi connectivity index (χ0v) is 13.2. The molecule has 2 N–H and O–H groups in total. The fraction of sp³-hybridized carbons (Fsp3) is 0.938. The first-order valence-corrected chi connectivity index (χ1v) is 8.36. The molecule has 3 aliphatic rings. The van der Waals surface area contributed by atoms with Crippen molar-refractivity contribution in [3.05, 3.63) is 0 Å². The van der Waals surface area contributed by atoms with Crippen molar-refractivity contribution in [3.8, 4) is 0 Å². The number of amides is 2. The maximum atomic E-state index is 12.4. The summed E-state index contributed by atoms with van der Waals surface area (Å²) in [6, 6.07) is 0.284. The first-order chi connectivity index (χ1) is 10.0. The molecule has 0 radical (unpaired) electrons. The van der Waals surface area contributed by atoms with E-state index in [0.717, 1.165) is 13.0 Å². The molecule has 0 aromatic heterocycles. The van der Waals surface area contributed by atoms with Crippen molar-refractivity contribution < 1.29 is 14.6 Å². The van der Waals surface area contributed by atoms with Crippen molar-refractivity contribution in [2.75, 3.05) is 20.2 Å². The van der Waals surface area contributed by atoms with E-state index in [1.54, 1.807) is 18.9 Å². The molecule has 1 saturated heterocycles. The van der Waals surface area contributed by atoms with E-state index in [0.29, 0.717) is 25.0 Å². The number of urea groups is 1. The third-order valence-electron chi connectivity index (χ3n) is 5.79. The maximum absolute atomic E-state index is 12.4. The van der Waals surface area contributed by atoms with Crippen LogP contribution in [0.4, 0.5) is 4.79 Å². The van der Waals surface area contributed by atoms with Gasteiger partial charge in [-0.25, -0.2) is 4.79 Å². The maximum Gasteiger partial charge on any atom is 0.317 e. The first-order valence-electron chi connectivity index (χ1n) is 8.36. The number of hydrogen-bond acceptors (Lipinski definition) is 3. The minimum absolute atomic E-state index is 0.00252. The lowest BCUT2D eigenvalue weighted by Gasteiger charge is -2.57. The predicted octanol–water partition coefficient (Wildman–Crippen LogP) is 1.75. The van der Waals surface area contributed by atoms with Crippen LogP contribution >= 0.6 is 0 Å². The molecule has 3 fully saturated rings. The quantitative estimate of drug-likeness (QED) is 0.831. The van der Waals surface area contributed by atoms with Crippen LogP contribution < -0.4 is 5.32 Å². The van der Waals surface area contributed by atoms with Crippen molar-refractivity contribution in [2.45, 2.75) is 63.7 Å². The molecule has 0 aromatic rings. The normalized spacial score (nSPS) is 34.3. The molecule has 1 heterocycles. The number of carbonyl (C=O) groups is 1. The van der Waals surface area contributed by atoms with Crippen LogP contribution in [0.25, 0.3) is 0 Å². The molecule has 5 nitrogen and oxygen atoms in total. The van der Waals surface area contributed by atoms with Gasteiger partial charge in [-0.15, -0.1) is 0 Å². The van der Waals surface area contributed by atoms with Gasteiger partial charge in [0.25, 0.3) is 0 Å². The Kier molecular flexibility index (Phi) is 4.14. The third-order valence-corrected chi connectivity index (χ3v) is 5.79. The van der Waals surface area contributed by atoms with Gasteiger partial charge in [0, 0.05) is 37.6 Å². The van der Waals surface area contributed by atoms with Crippen LogP contribution in [0.15, 0.2) is 0 Å². The standard InChI is InChI=1S/C16H28N2O3/c1-11(19)5-9-18(2)15(20)17-13-12-6-10-21-14(12)16(13)7-3-4-8-16/h11-14,19H,3-10H2,1-2H3,(H,17,20). The molecule has 120 valence electrons. The largest absolute Gasteiger partial charge is 0.393 e. The summed E-state index contributed by atoms with van der Waals surface area (Å²) in [4.78, 5) is 14.1. The van der Waals surface area contributed by atoms with Gasteiger partial charge >= 0.3 is 6.03 Å². The van der Waals surface area contributed by atoms with Gasteiger partial charge < -0.3 is 20.1 Å². The number of carbonyl (C=O) groups excluding carboxylic acids is 1. The summed E-state index contributed by atoms with van der Waals surface area (Å²) in [6.45, 7) is 3.20. The Bertz CT molecular complexity index is 393. The minimum Gasteiger partial charge on any atom is -0.393 e. The molecule has 2 aliphatic carbocycles. The number of rotatable bonds is 4. The van der Waals surface area contributed by atoms with Crippen molar-refractivity contribution in [1.82, 2.24) is 10.2 Å². The Morgan fingerprint density at radius 2 is 2.19 bits per heavy atom. The van der Waals surface area contributed by atoms with E-state index in [2.05, 4.69) is 5.32 Å². The predicted molar refractivity (Wildman–Crippen MR) is 80.0 cm³/mol. The second-order valence-corrected chi connectivity index (χ2v) is 7.17. The average molecular weight is 296 g/mol. The highest BCUT2D eigenvalue weighted by atomic mass is 16.5. The minimum atomic E-state index is -0.363. The molecule has 4 unspecified atom stereocenters. The molecular formula is C16H28N2O3. The molecule has 0 aromatic carbocycles.